The predicted octanol–water partition coefficient (Wildman–Crippen LogP) is 3.02. The Hall–Kier alpha value is -3.05. The Kier molecular flexibility index (Phi) is 4.40. The molecule has 1 fully saturated rings. The third-order valence-electron chi connectivity index (χ3n) is 4.97. The van der Waals surface area contributed by atoms with Crippen molar-refractivity contribution in [3.05, 3.63) is 29.2 Å². The van der Waals surface area contributed by atoms with Gasteiger partial charge in [0.2, 0.25) is 5.95 Å². The van der Waals surface area contributed by atoms with Crippen molar-refractivity contribution in [2.24, 2.45) is 0 Å². The summed E-state index contributed by atoms with van der Waals surface area (Å²) in [4.78, 5) is 34.9. The summed E-state index contributed by atoms with van der Waals surface area (Å²) in [6, 6.07) is 5.70. The van der Waals surface area contributed by atoms with E-state index < -0.39 is 0 Å². The lowest BCUT2D eigenvalue weighted by molar-refractivity contribution is 0.200. The van der Waals surface area contributed by atoms with Crippen LogP contribution in [-0.4, -0.2) is 56.5 Å². The highest BCUT2D eigenvalue weighted by Gasteiger charge is 2.29. The topological polar surface area (TPSA) is 113 Å². The molecule has 11 heteroatoms. The second kappa shape index (κ2) is 7.08. The number of nitrogens with one attached hydrogen (secondary N) is 1. The van der Waals surface area contributed by atoms with Crippen LogP contribution < -0.4 is 16.0 Å². The van der Waals surface area contributed by atoms with Crippen molar-refractivity contribution in [3.8, 4) is 0 Å². The van der Waals surface area contributed by atoms with Crippen molar-refractivity contribution in [2.75, 3.05) is 35.6 Å². The summed E-state index contributed by atoms with van der Waals surface area (Å²) in [6.07, 6.45) is 0. The van der Waals surface area contributed by atoms with Gasteiger partial charge in [-0.25, -0.2) is 19.7 Å². The summed E-state index contributed by atoms with van der Waals surface area (Å²) in [7, 11) is 0. The van der Waals surface area contributed by atoms with E-state index >= 15 is 0 Å². The zero-order valence-electron chi connectivity index (χ0n) is 15.6. The SMILES string of the molecule is C[C@H]1CN(C(=O)Nc2ccc3ncsc3c2)CCN1c1nc(N)nc2scnc12. The first-order chi connectivity index (χ1) is 14.1. The Morgan fingerprint density at radius 1 is 1.21 bits per heavy atom. The largest absolute Gasteiger partial charge is 0.368 e. The molecule has 4 heterocycles. The highest BCUT2D eigenvalue weighted by atomic mass is 32.1. The van der Waals surface area contributed by atoms with E-state index in [1.165, 1.54) is 11.3 Å². The van der Waals surface area contributed by atoms with Crippen LogP contribution >= 0.6 is 22.7 Å². The van der Waals surface area contributed by atoms with Gasteiger partial charge in [0.1, 0.15) is 5.52 Å². The number of benzene rings is 1. The van der Waals surface area contributed by atoms with Crippen LogP contribution in [0, 0.1) is 0 Å². The van der Waals surface area contributed by atoms with Gasteiger partial charge in [-0.05, 0) is 25.1 Å². The van der Waals surface area contributed by atoms with Crippen molar-refractivity contribution in [1.29, 1.82) is 0 Å². The molecule has 1 aromatic carbocycles. The monoisotopic (exact) mass is 426 g/mol. The minimum absolute atomic E-state index is 0.0673. The molecule has 29 heavy (non-hydrogen) atoms. The summed E-state index contributed by atoms with van der Waals surface area (Å²) in [5.74, 6) is 0.972. The molecule has 5 rings (SSSR count). The van der Waals surface area contributed by atoms with E-state index in [4.69, 9.17) is 5.73 Å². The molecule has 3 aromatic heterocycles. The highest BCUT2D eigenvalue weighted by molar-refractivity contribution is 7.16. The number of nitrogens with two attached hydrogens (primary N) is 1. The summed E-state index contributed by atoms with van der Waals surface area (Å²) < 4.78 is 1.05. The van der Waals surface area contributed by atoms with Gasteiger partial charge in [-0.2, -0.15) is 4.98 Å². The van der Waals surface area contributed by atoms with Crippen LogP contribution in [-0.2, 0) is 0 Å². The minimum atomic E-state index is -0.110. The predicted molar refractivity (Wildman–Crippen MR) is 117 cm³/mol. The van der Waals surface area contributed by atoms with E-state index in [0.717, 1.165) is 32.1 Å². The van der Waals surface area contributed by atoms with Crippen LogP contribution in [0.25, 0.3) is 20.6 Å². The number of hydrogen-bond donors (Lipinski definition) is 2. The number of rotatable bonds is 2. The number of anilines is 3. The molecule has 0 radical (unpaired) electrons. The first-order valence-corrected chi connectivity index (χ1v) is 10.9. The summed E-state index contributed by atoms with van der Waals surface area (Å²) in [6.45, 7) is 3.86. The molecule has 0 aliphatic carbocycles. The quantitative estimate of drug-likeness (QED) is 0.506. The fraction of sp³-hybridized carbons (Fsp3) is 0.278. The number of thiazole rings is 2. The number of hydrogen-bond acceptors (Lipinski definition) is 9. The molecule has 3 N–H and O–H groups in total. The summed E-state index contributed by atoms with van der Waals surface area (Å²) >= 11 is 3.00. The van der Waals surface area contributed by atoms with Crippen molar-refractivity contribution in [2.45, 2.75) is 13.0 Å². The van der Waals surface area contributed by atoms with E-state index in [0.29, 0.717) is 19.6 Å². The zero-order chi connectivity index (χ0) is 20.0. The average molecular weight is 427 g/mol. The second-order valence-corrected chi connectivity index (χ2v) is 8.58. The summed E-state index contributed by atoms with van der Waals surface area (Å²) in [5, 5.41) is 2.99. The van der Waals surface area contributed by atoms with E-state index in [9.17, 15) is 4.79 Å². The average Bonchev–Trinajstić information content (AvgIpc) is 3.36. The van der Waals surface area contributed by atoms with E-state index in [-0.39, 0.29) is 18.0 Å². The van der Waals surface area contributed by atoms with Gasteiger partial charge in [0.05, 0.1) is 21.2 Å². The van der Waals surface area contributed by atoms with Crippen LogP contribution in [0.2, 0.25) is 0 Å². The van der Waals surface area contributed by atoms with Gasteiger partial charge >= 0.3 is 6.03 Å². The maximum Gasteiger partial charge on any atom is 0.321 e. The van der Waals surface area contributed by atoms with Gasteiger partial charge in [0.15, 0.2) is 10.6 Å². The molecule has 1 aliphatic heterocycles. The van der Waals surface area contributed by atoms with Crippen LogP contribution in [0.1, 0.15) is 6.92 Å². The van der Waals surface area contributed by atoms with Crippen molar-refractivity contribution in [1.82, 2.24) is 24.8 Å². The molecule has 0 bridgehead atoms. The number of fused-ring (bicyclic) bond motifs is 2. The molecular formula is C18H18N8OS2. The van der Waals surface area contributed by atoms with Crippen LogP contribution in [0.5, 0.6) is 0 Å². The molecule has 9 nitrogen and oxygen atoms in total. The van der Waals surface area contributed by atoms with Crippen molar-refractivity contribution < 1.29 is 4.79 Å². The third kappa shape index (κ3) is 3.32. The Bertz CT molecular complexity index is 1200. The van der Waals surface area contributed by atoms with Gasteiger partial charge in [-0.1, -0.05) is 0 Å². The normalized spacial score (nSPS) is 17.2. The molecule has 148 valence electrons. The Labute approximate surface area is 174 Å². The van der Waals surface area contributed by atoms with Crippen molar-refractivity contribution >= 4 is 66.7 Å². The Morgan fingerprint density at radius 2 is 2.07 bits per heavy atom. The molecule has 1 aliphatic rings. The number of piperazine rings is 1. The van der Waals surface area contributed by atoms with Gasteiger partial charge in [-0.3, -0.25) is 0 Å². The van der Waals surface area contributed by atoms with Gasteiger partial charge in [0, 0.05) is 31.4 Å². The number of carbonyl (C=O) groups is 1. The maximum atomic E-state index is 12.8. The van der Waals surface area contributed by atoms with Gasteiger partial charge in [0.25, 0.3) is 0 Å². The number of aromatic nitrogens is 4. The van der Waals surface area contributed by atoms with Gasteiger partial charge in [-0.15, -0.1) is 22.7 Å². The molecule has 1 saturated heterocycles. The Balaban J connectivity index is 1.31. The van der Waals surface area contributed by atoms with Crippen LogP contribution in [0.15, 0.2) is 29.2 Å². The molecule has 1 atom stereocenters. The summed E-state index contributed by atoms with van der Waals surface area (Å²) in [5.41, 5.74) is 11.9. The lowest BCUT2D eigenvalue weighted by Gasteiger charge is -2.40. The molecule has 0 unspecified atom stereocenters. The molecule has 4 aromatic rings. The van der Waals surface area contributed by atoms with Crippen LogP contribution in [0.3, 0.4) is 0 Å². The number of carbonyl (C=O) groups excluding carboxylic acids is 1. The molecule has 0 saturated carbocycles. The first-order valence-electron chi connectivity index (χ1n) is 9.11. The fourth-order valence-electron chi connectivity index (χ4n) is 3.56. The second-order valence-electron chi connectivity index (χ2n) is 6.86. The number of amides is 2. The smallest absolute Gasteiger partial charge is 0.321 e. The first kappa shape index (κ1) is 18.0. The van der Waals surface area contributed by atoms with E-state index in [2.05, 4.69) is 37.1 Å². The van der Waals surface area contributed by atoms with E-state index in [1.54, 1.807) is 22.4 Å². The fourth-order valence-corrected chi connectivity index (χ4v) is 4.93. The molecule has 0 spiro atoms. The van der Waals surface area contributed by atoms with Crippen LogP contribution in [0.4, 0.5) is 22.2 Å². The van der Waals surface area contributed by atoms with E-state index in [1.807, 2.05) is 23.1 Å². The standard InChI is InChI=1S/C18H18N8OS2/c1-10-7-25(18(27)22-11-2-3-12-13(6-11)28-8-20-12)4-5-26(10)15-14-16(29-9-21-14)24-17(19)23-15/h2-3,6,8-10H,4-5,7H2,1H3,(H,22,27)(H2,19,23,24)/t10-/m0/s1. The number of nitrogens with zero attached hydrogens (tertiary/aromatic N) is 6. The third-order valence-corrected chi connectivity index (χ3v) is 6.48. The van der Waals surface area contributed by atoms with Crippen molar-refractivity contribution in [3.63, 3.8) is 0 Å². The number of urea groups is 1. The number of nitrogen functional groups attached to an aromatic ring is 1. The zero-order valence-corrected chi connectivity index (χ0v) is 17.2. The molecular weight excluding hydrogens is 408 g/mol. The van der Waals surface area contributed by atoms with Gasteiger partial charge < -0.3 is 20.9 Å². The minimum Gasteiger partial charge on any atom is -0.368 e. The highest BCUT2D eigenvalue weighted by Crippen LogP contribution is 2.29. The Morgan fingerprint density at radius 3 is 2.93 bits per heavy atom. The lowest BCUT2D eigenvalue weighted by Crippen LogP contribution is -2.55. The maximum absolute atomic E-state index is 12.8. The molecule has 2 amide bonds. The lowest BCUT2D eigenvalue weighted by atomic mass is 10.2.